The van der Waals surface area contributed by atoms with E-state index in [1.54, 1.807) is 6.07 Å². The Balaban J connectivity index is 3.08. The summed E-state index contributed by atoms with van der Waals surface area (Å²) in [6, 6.07) is 3.59. The van der Waals surface area contributed by atoms with E-state index >= 15 is 0 Å². The summed E-state index contributed by atoms with van der Waals surface area (Å²) in [5, 5.41) is 3.32. The second-order valence-electron chi connectivity index (χ2n) is 2.76. The molecule has 0 fully saturated rings. The number of anilines is 1. The summed E-state index contributed by atoms with van der Waals surface area (Å²) in [6.07, 6.45) is 0. The van der Waals surface area contributed by atoms with Gasteiger partial charge in [-0.3, -0.25) is 4.79 Å². The van der Waals surface area contributed by atoms with E-state index in [0.717, 1.165) is 10.0 Å². The van der Waals surface area contributed by atoms with E-state index in [1.165, 1.54) is 6.92 Å². The first kappa shape index (κ1) is 10.5. The number of halogens is 2. The van der Waals surface area contributed by atoms with Crippen molar-refractivity contribution in [2.75, 3.05) is 5.32 Å². The van der Waals surface area contributed by atoms with Crippen LogP contribution in [0.3, 0.4) is 0 Å². The number of hydrogen-bond donors (Lipinski definition) is 1. The molecule has 0 unspecified atom stereocenters. The Morgan fingerprint density at radius 3 is 2.69 bits per heavy atom. The second-order valence-corrected chi connectivity index (χ2v) is 4.02. The Morgan fingerprint density at radius 2 is 2.15 bits per heavy atom. The molecule has 0 aliphatic carbocycles. The molecular formula is C9H9BrClNO. The zero-order valence-corrected chi connectivity index (χ0v) is 9.66. The predicted octanol–water partition coefficient (Wildman–Crippen LogP) is 3.37. The summed E-state index contributed by atoms with van der Waals surface area (Å²) in [5.41, 5.74) is 1.67. The van der Waals surface area contributed by atoms with Crippen LogP contribution in [0.15, 0.2) is 16.6 Å². The third-order valence-corrected chi connectivity index (χ3v) is 2.62. The third kappa shape index (κ3) is 2.71. The number of carbonyl (C=O) groups is 1. The van der Waals surface area contributed by atoms with Gasteiger partial charge in [0.05, 0.1) is 5.69 Å². The second kappa shape index (κ2) is 4.11. The highest BCUT2D eigenvalue weighted by Crippen LogP contribution is 2.28. The zero-order chi connectivity index (χ0) is 10.0. The van der Waals surface area contributed by atoms with Crippen LogP contribution < -0.4 is 5.32 Å². The van der Waals surface area contributed by atoms with Gasteiger partial charge in [-0.2, -0.15) is 0 Å². The van der Waals surface area contributed by atoms with Gasteiger partial charge in [0.25, 0.3) is 0 Å². The fourth-order valence-electron chi connectivity index (χ4n) is 0.932. The summed E-state index contributed by atoms with van der Waals surface area (Å²) in [4.78, 5) is 10.8. The molecule has 0 heterocycles. The number of carbonyl (C=O) groups excluding carboxylic acids is 1. The number of hydrogen-bond acceptors (Lipinski definition) is 1. The fourth-order valence-corrected chi connectivity index (χ4v) is 1.65. The minimum atomic E-state index is -0.111. The van der Waals surface area contributed by atoms with Crippen molar-refractivity contribution in [3.05, 3.63) is 27.2 Å². The first-order chi connectivity index (χ1) is 6.00. The van der Waals surface area contributed by atoms with Gasteiger partial charge in [0.15, 0.2) is 0 Å². The molecule has 0 aliphatic rings. The lowest BCUT2D eigenvalue weighted by atomic mass is 10.2. The van der Waals surface area contributed by atoms with Gasteiger partial charge in [0.2, 0.25) is 5.91 Å². The molecule has 1 aromatic rings. The van der Waals surface area contributed by atoms with Crippen LogP contribution in [-0.2, 0) is 4.79 Å². The molecular weight excluding hydrogens is 253 g/mol. The van der Waals surface area contributed by atoms with Gasteiger partial charge in [-0.25, -0.2) is 0 Å². The van der Waals surface area contributed by atoms with E-state index in [-0.39, 0.29) is 5.91 Å². The lowest BCUT2D eigenvalue weighted by Crippen LogP contribution is -2.06. The van der Waals surface area contributed by atoms with Gasteiger partial charge in [-0.1, -0.05) is 11.6 Å². The molecule has 0 atom stereocenters. The zero-order valence-electron chi connectivity index (χ0n) is 7.32. The van der Waals surface area contributed by atoms with Gasteiger partial charge in [0, 0.05) is 16.4 Å². The topological polar surface area (TPSA) is 29.1 Å². The van der Waals surface area contributed by atoms with Gasteiger partial charge in [-0.05, 0) is 40.5 Å². The maximum Gasteiger partial charge on any atom is 0.221 e. The van der Waals surface area contributed by atoms with Crippen molar-refractivity contribution in [1.82, 2.24) is 0 Å². The monoisotopic (exact) mass is 261 g/mol. The molecule has 1 aromatic carbocycles. The smallest absolute Gasteiger partial charge is 0.221 e. The van der Waals surface area contributed by atoms with E-state index in [2.05, 4.69) is 21.2 Å². The predicted molar refractivity (Wildman–Crippen MR) is 58.2 cm³/mol. The maximum atomic E-state index is 10.8. The Hall–Kier alpha value is -0.540. The van der Waals surface area contributed by atoms with Gasteiger partial charge >= 0.3 is 0 Å². The SMILES string of the molecule is CC(=O)Nc1cc(Cl)c(C)cc1Br. The van der Waals surface area contributed by atoms with Crippen molar-refractivity contribution in [2.45, 2.75) is 13.8 Å². The Bertz CT molecular complexity index is 352. The number of amides is 1. The molecule has 1 amide bonds. The van der Waals surface area contributed by atoms with Crippen molar-refractivity contribution >= 4 is 39.1 Å². The average molecular weight is 263 g/mol. The maximum absolute atomic E-state index is 10.8. The highest BCUT2D eigenvalue weighted by atomic mass is 79.9. The molecule has 0 aliphatic heterocycles. The van der Waals surface area contributed by atoms with E-state index in [1.807, 2.05) is 13.0 Å². The van der Waals surface area contributed by atoms with Crippen LogP contribution >= 0.6 is 27.5 Å². The summed E-state index contributed by atoms with van der Waals surface area (Å²) in [6.45, 7) is 3.37. The van der Waals surface area contributed by atoms with E-state index < -0.39 is 0 Å². The molecule has 0 aromatic heterocycles. The van der Waals surface area contributed by atoms with Crippen molar-refractivity contribution in [2.24, 2.45) is 0 Å². The minimum absolute atomic E-state index is 0.111. The molecule has 0 radical (unpaired) electrons. The van der Waals surface area contributed by atoms with E-state index in [0.29, 0.717) is 10.7 Å². The molecule has 1 rings (SSSR count). The van der Waals surface area contributed by atoms with E-state index in [9.17, 15) is 4.79 Å². The Morgan fingerprint density at radius 1 is 1.54 bits per heavy atom. The third-order valence-electron chi connectivity index (χ3n) is 1.56. The fraction of sp³-hybridized carbons (Fsp3) is 0.222. The van der Waals surface area contributed by atoms with Crippen LogP contribution in [0.5, 0.6) is 0 Å². The van der Waals surface area contributed by atoms with Gasteiger partial charge < -0.3 is 5.32 Å². The van der Waals surface area contributed by atoms with Crippen molar-refractivity contribution in [3.8, 4) is 0 Å². The molecule has 0 saturated carbocycles. The highest BCUT2D eigenvalue weighted by Gasteiger charge is 2.04. The first-order valence-electron chi connectivity index (χ1n) is 3.74. The average Bonchev–Trinajstić information content (AvgIpc) is 1.99. The standard InChI is InChI=1S/C9H9BrClNO/c1-5-3-7(10)9(4-8(5)11)12-6(2)13/h3-4H,1-2H3,(H,12,13). The number of benzene rings is 1. The normalized spacial score (nSPS) is 9.85. The summed E-state index contributed by atoms with van der Waals surface area (Å²) in [7, 11) is 0. The van der Waals surface area contributed by atoms with Gasteiger partial charge in [-0.15, -0.1) is 0 Å². The highest BCUT2D eigenvalue weighted by molar-refractivity contribution is 9.10. The lowest BCUT2D eigenvalue weighted by molar-refractivity contribution is -0.114. The van der Waals surface area contributed by atoms with Gasteiger partial charge in [0.1, 0.15) is 0 Å². The quantitative estimate of drug-likeness (QED) is 0.826. The molecule has 0 bridgehead atoms. The van der Waals surface area contributed by atoms with Crippen LogP contribution in [0.4, 0.5) is 5.69 Å². The minimum Gasteiger partial charge on any atom is -0.325 e. The molecule has 0 spiro atoms. The van der Waals surface area contributed by atoms with Crippen LogP contribution in [0.2, 0.25) is 5.02 Å². The number of nitrogens with one attached hydrogen (secondary N) is 1. The van der Waals surface area contributed by atoms with Crippen LogP contribution in [0.1, 0.15) is 12.5 Å². The van der Waals surface area contributed by atoms with Crippen molar-refractivity contribution in [1.29, 1.82) is 0 Å². The largest absolute Gasteiger partial charge is 0.325 e. The first-order valence-corrected chi connectivity index (χ1v) is 4.91. The molecule has 2 nitrogen and oxygen atoms in total. The Kier molecular flexibility index (Phi) is 3.33. The summed E-state index contributed by atoms with van der Waals surface area (Å²) < 4.78 is 0.838. The molecule has 70 valence electrons. The number of aryl methyl sites for hydroxylation is 1. The number of rotatable bonds is 1. The van der Waals surface area contributed by atoms with Crippen molar-refractivity contribution < 1.29 is 4.79 Å². The van der Waals surface area contributed by atoms with E-state index in [4.69, 9.17) is 11.6 Å². The van der Waals surface area contributed by atoms with Crippen LogP contribution in [-0.4, -0.2) is 5.91 Å². The Labute approximate surface area is 90.4 Å². The molecule has 4 heteroatoms. The summed E-state index contributed by atoms with van der Waals surface area (Å²) >= 11 is 9.23. The van der Waals surface area contributed by atoms with Crippen LogP contribution in [0.25, 0.3) is 0 Å². The summed E-state index contributed by atoms with van der Waals surface area (Å²) in [5.74, 6) is -0.111. The molecule has 1 N–H and O–H groups in total. The van der Waals surface area contributed by atoms with Crippen molar-refractivity contribution in [3.63, 3.8) is 0 Å². The molecule has 0 saturated heterocycles. The molecule has 13 heavy (non-hydrogen) atoms. The lowest BCUT2D eigenvalue weighted by Gasteiger charge is -2.07. The van der Waals surface area contributed by atoms with Crippen LogP contribution in [0, 0.1) is 6.92 Å².